The summed E-state index contributed by atoms with van der Waals surface area (Å²) in [5.74, 6) is 0.883. The van der Waals surface area contributed by atoms with Crippen molar-refractivity contribution >= 4 is 32.6 Å². The van der Waals surface area contributed by atoms with Gasteiger partial charge in [-0.25, -0.2) is 4.98 Å². The van der Waals surface area contributed by atoms with E-state index in [2.05, 4.69) is 24.1 Å². The predicted octanol–water partition coefficient (Wildman–Crippen LogP) is 5.33. The molecule has 1 N–H and O–H groups in total. The number of carbonyl (C=O) groups excluding carboxylic acids is 1. The Balaban J connectivity index is 1.76. The van der Waals surface area contributed by atoms with Crippen molar-refractivity contribution < 1.29 is 18.0 Å². The fraction of sp³-hybridized carbons (Fsp3) is 0.529. The topological polar surface area (TPSA) is 42.0 Å². The van der Waals surface area contributed by atoms with Crippen LogP contribution in [0.3, 0.4) is 0 Å². The molecule has 1 aromatic carbocycles. The van der Waals surface area contributed by atoms with E-state index in [1.165, 1.54) is 6.07 Å². The lowest BCUT2D eigenvalue weighted by molar-refractivity contribution is -0.137. The van der Waals surface area contributed by atoms with E-state index < -0.39 is 11.7 Å². The number of rotatable bonds is 2. The van der Waals surface area contributed by atoms with Gasteiger partial charge in [-0.1, -0.05) is 25.2 Å². The Kier molecular flexibility index (Phi) is 4.55. The number of alkyl halides is 3. The Morgan fingerprint density at radius 2 is 1.88 bits per heavy atom. The van der Waals surface area contributed by atoms with Crippen LogP contribution in [0.15, 0.2) is 18.2 Å². The molecule has 130 valence electrons. The van der Waals surface area contributed by atoms with E-state index in [9.17, 15) is 18.0 Å². The number of carbonyl (C=O) groups is 1. The molecule has 2 aromatic rings. The monoisotopic (exact) mass is 356 g/mol. The molecule has 3 rings (SSSR count). The maximum Gasteiger partial charge on any atom is 0.416 e. The molecule has 0 bridgehead atoms. The van der Waals surface area contributed by atoms with Gasteiger partial charge in [0.15, 0.2) is 5.13 Å². The second-order valence-corrected chi connectivity index (χ2v) is 7.83. The minimum absolute atomic E-state index is 0.0542. The largest absolute Gasteiger partial charge is 0.416 e. The molecular weight excluding hydrogens is 337 g/mol. The van der Waals surface area contributed by atoms with Crippen molar-refractivity contribution in [2.75, 3.05) is 5.32 Å². The Labute approximate surface area is 142 Å². The van der Waals surface area contributed by atoms with E-state index in [0.29, 0.717) is 27.2 Å². The first kappa shape index (κ1) is 17.2. The standard InChI is InChI=1S/C17H19F3N2OS/c1-9-5-10(2)7-11(6-9)15(23)22-16-21-13-4-3-12(17(18,19)20)8-14(13)24-16/h3-4,8-11H,5-7H2,1-2H3,(H,21,22,23). The summed E-state index contributed by atoms with van der Waals surface area (Å²) >= 11 is 1.08. The van der Waals surface area contributed by atoms with Crippen LogP contribution in [0.1, 0.15) is 38.7 Å². The highest BCUT2D eigenvalue weighted by atomic mass is 32.1. The van der Waals surface area contributed by atoms with Crippen molar-refractivity contribution in [1.82, 2.24) is 4.98 Å². The molecule has 1 aromatic heterocycles. The highest BCUT2D eigenvalue weighted by molar-refractivity contribution is 7.22. The summed E-state index contributed by atoms with van der Waals surface area (Å²) in [6.07, 6.45) is -1.56. The van der Waals surface area contributed by atoms with Gasteiger partial charge in [-0.2, -0.15) is 13.2 Å². The fourth-order valence-corrected chi connectivity index (χ4v) is 4.43. The zero-order valence-corrected chi connectivity index (χ0v) is 14.3. The van der Waals surface area contributed by atoms with E-state index in [0.717, 1.165) is 42.7 Å². The van der Waals surface area contributed by atoms with Crippen molar-refractivity contribution in [1.29, 1.82) is 0 Å². The third-order valence-electron chi connectivity index (χ3n) is 4.50. The van der Waals surface area contributed by atoms with Gasteiger partial charge in [0, 0.05) is 5.92 Å². The average Bonchev–Trinajstić information content (AvgIpc) is 2.86. The highest BCUT2D eigenvalue weighted by Crippen LogP contribution is 2.36. The van der Waals surface area contributed by atoms with Crippen molar-refractivity contribution in [3.63, 3.8) is 0 Å². The maximum atomic E-state index is 12.8. The summed E-state index contributed by atoms with van der Waals surface area (Å²) in [6, 6.07) is 3.43. The molecule has 7 heteroatoms. The van der Waals surface area contributed by atoms with Gasteiger partial charge >= 0.3 is 6.18 Å². The lowest BCUT2D eigenvalue weighted by Gasteiger charge is -2.30. The number of aromatic nitrogens is 1. The summed E-state index contributed by atoms with van der Waals surface area (Å²) in [5.41, 5.74) is -0.236. The van der Waals surface area contributed by atoms with Gasteiger partial charge in [-0.3, -0.25) is 4.79 Å². The Bertz CT molecular complexity index is 746. The van der Waals surface area contributed by atoms with Gasteiger partial charge in [0.1, 0.15) is 0 Å². The number of hydrogen-bond donors (Lipinski definition) is 1. The molecule has 1 saturated carbocycles. The summed E-state index contributed by atoms with van der Waals surface area (Å²) in [5, 5.41) is 3.15. The summed E-state index contributed by atoms with van der Waals surface area (Å²) in [4.78, 5) is 16.7. The first-order valence-electron chi connectivity index (χ1n) is 8.01. The second-order valence-electron chi connectivity index (χ2n) is 6.80. The molecular formula is C17H19F3N2OS. The number of amides is 1. The van der Waals surface area contributed by atoms with E-state index in [-0.39, 0.29) is 11.8 Å². The number of halogens is 3. The quantitative estimate of drug-likeness (QED) is 0.791. The Hall–Kier alpha value is -1.63. The lowest BCUT2D eigenvalue weighted by atomic mass is 9.76. The van der Waals surface area contributed by atoms with E-state index in [1.807, 2.05) is 0 Å². The van der Waals surface area contributed by atoms with Crippen LogP contribution in [-0.2, 0) is 11.0 Å². The first-order chi connectivity index (χ1) is 11.2. The van der Waals surface area contributed by atoms with Gasteiger partial charge in [-0.15, -0.1) is 0 Å². The molecule has 0 radical (unpaired) electrons. The number of nitrogens with zero attached hydrogens (tertiary/aromatic N) is 1. The smallest absolute Gasteiger partial charge is 0.302 e. The Morgan fingerprint density at radius 3 is 2.50 bits per heavy atom. The molecule has 1 heterocycles. The molecule has 24 heavy (non-hydrogen) atoms. The first-order valence-corrected chi connectivity index (χ1v) is 8.82. The number of nitrogens with one attached hydrogen (secondary N) is 1. The third-order valence-corrected chi connectivity index (χ3v) is 5.43. The van der Waals surface area contributed by atoms with Gasteiger partial charge in [0.05, 0.1) is 15.8 Å². The number of hydrogen-bond acceptors (Lipinski definition) is 3. The molecule has 2 atom stereocenters. The van der Waals surface area contributed by atoms with E-state index in [4.69, 9.17) is 0 Å². The molecule has 2 unspecified atom stereocenters. The molecule has 0 aliphatic heterocycles. The molecule has 1 amide bonds. The van der Waals surface area contributed by atoms with Crippen LogP contribution in [-0.4, -0.2) is 10.9 Å². The molecule has 1 aliphatic carbocycles. The highest BCUT2D eigenvalue weighted by Gasteiger charge is 2.31. The summed E-state index contributed by atoms with van der Waals surface area (Å²) in [6.45, 7) is 4.29. The average molecular weight is 356 g/mol. The van der Waals surface area contributed by atoms with Crippen LogP contribution in [0.5, 0.6) is 0 Å². The Morgan fingerprint density at radius 1 is 1.21 bits per heavy atom. The number of fused-ring (bicyclic) bond motifs is 1. The predicted molar refractivity (Wildman–Crippen MR) is 88.9 cm³/mol. The van der Waals surface area contributed by atoms with Crippen LogP contribution in [0.25, 0.3) is 10.2 Å². The second kappa shape index (κ2) is 6.35. The zero-order valence-electron chi connectivity index (χ0n) is 13.5. The molecule has 1 aliphatic rings. The number of benzene rings is 1. The van der Waals surface area contributed by atoms with Crippen LogP contribution in [0, 0.1) is 17.8 Å². The van der Waals surface area contributed by atoms with Crippen LogP contribution in [0.2, 0.25) is 0 Å². The zero-order chi connectivity index (χ0) is 17.5. The van der Waals surface area contributed by atoms with Crippen molar-refractivity contribution in [2.24, 2.45) is 17.8 Å². The van der Waals surface area contributed by atoms with Gasteiger partial charge < -0.3 is 5.32 Å². The third kappa shape index (κ3) is 3.71. The number of thiazole rings is 1. The van der Waals surface area contributed by atoms with Crippen LogP contribution >= 0.6 is 11.3 Å². The molecule has 1 fully saturated rings. The molecule has 0 saturated heterocycles. The van der Waals surface area contributed by atoms with Crippen molar-refractivity contribution in [2.45, 2.75) is 39.3 Å². The van der Waals surface area contributed by atoms with Gasteiger partial charge in [-0.05, 0) is 49.3 Å². The van der Waals surface area contributed by atoms with E-state index in [1.54, 1.807) is 0 Å². The number of anilines is 1. The summed E-state index contributed by atoms with van der Waals surface area (Å²) in [7, 11) is 0. The van der Waals surface area contributed by atoms with Crippen molar-refractivity contribution in [3.05, 3.63) is 23.8 Å². The molecule has 0 spiro atoms. The SMILES string of the molecule is CC1CC(C)CC(C(=O)Nc2nc3ccc(C(F)(F)F)cc3s2)C1. The van der Waals surface area contributed by atoms with Crippen molar-refractivity contribution in [3.8, 4) is 0 Å². The normalized spacial score (nSPS) is 25.0. The lowest BCUT2D eigenvalue weighted by Crippen LogP contribution is -2.30. The minimum Gasteiger partial charge on any atom is -0.302 e. The summed E-state index contributed by atoms with van der Waals surface area (Å²) < 4.78 is 38.7. The van der Waals surface area contributed by atoms with Crippen LogP contribution < -0.4 is 5.32 Å². The van der Waals surface area contributed by atoms with E-state index >= 15 is 0 Å². The molecule has 3 nitrogen and oxygen atoms in total. The van der Waals surface area contributed by atoms with Gasteiger partial charge in [0.25, 0.3) is 0 Å². The fourth-order valence-electron chi connectivity index (χ4n) is 3.52. The minimum atomic E-state index is -4.38. The van der Waals surface area contributed by atoms with Gasteiger partial charge in [0.2, 0.25) is 5.91 Å². The van der Waals surface area contributed by atoms with Crippen LogP contribution in [0.4, 0.5) is 18.3 Å². The maximum absolute atomic E-state index is 12.8.